The molecule has 0 aromatic heterocycles. The Balaban J connectivity index is 1.97. The van der Waals surface area contributed by atoms with Crippen LogP contribution in [-0.2, 0) is 5.75 Å². The number of rotatable bonds is 5. The van der Waals surface area contributed by atoms with Gasteiger partial charge in [-0.2, -0.15) is 10.5 Å². The minimum Gasteiger partial charge on any atom is -0.360 e. The van der Waals surface area contributed by atoms with Crippen LogP contribution in [0.1, 0.15) is 5.56 Å². The fourth-order valence-corrected chi connectivity index (χ4v) is 3.15. The molecule has 2 aromatic carbocycles. The molecular weight excluding hydrogens is 349 g/mol. The van der Waals surface area contributed by atoms with Crippen LogP contribution in [0.25, 0.3) is 0 Å². The van der Waals surface area contributed by atoms with Crippen molar-refractivity contribution in [3.8, 4) is 12.1 Å². The predicted molar refractivity (Wildman–Crippen MR) is 95.4 cm³/mol. The first-order valence-corrected chi connectivity index (χ1v) is 8.30. The summed E-state index contributed by atoms with van der Waals surface area (Å²) < 4.78 is 0. The SMILES string of the molecule is N#CC(C#N)=CNc1ccc(SCc2ccc(Cl)cc2Cl)cc1. The number of benzene rings is 2. The highest BCUT2D eigenvalue weighted by atomic mass is 35.5. The Labute approximate surface area is 149 Å². The molecule has 0 heterocycles. The summed E-state index contributed by atoms with van der Waals surface area (Å²) in [7, 11) is 0. The molecule has 2 rings (SSSR count). The van der Waals surface area contributed by atoms with Gasteiger partial charge in [0.1, 0.15) is 17.7 Å². The van der Waals surface area contributed by atoms with Gasteiger partial charge in [0.15, 0.2) is 0 Å². The minimum atomic E-state index is 0.0285. The van der Waals surface area contributed by atoms with Crippen LogP contribution in [0.5, 0.6) is 0 Å². The van der Waals surface area contributed by atoms with Crippen molar-refractivity contribution in [2.45, 2.75) is 10.6 Å². The van der Waals surface area contributed by atoms with E-state index in [0.717, 1.165) is 21.9 Å². The number of nitrogens with zero attached hydrogens (tertiary/aromatic N) is 2. The molecular formula is C17H11Cl2N3S. The number of hydrogen-bond donors (Lipinski definition) is 1. The standard InChI is InChI=1S/C17H11Cl2N3S/c18-14-2-1-13(17(19)7-14)11-23-16-5-3-15(4-6-16)22-10-12(8-20)9-21/h1-7,10,22H,11H2. The van der Waals surface area contributed by atoms with E-state index < -0.39 is 0 Å². The Kier molecular flexibility index (Phi) is 6.38. The Morgan fingerprint density at radius 3 is 2.39 bits per heavy atom. The van der Waals surface area contributed by atoms with Crippen LogP contribution in [-0.4, -0.2) is 0 Å². The zero-order valence-corrected chi connectivity index (χ0v) is 14.2. The molecule has 0 aliphatic carbocycles. The summed E-state index contributed by atoms with van der Waals surface area (Å²) in [6.45, 7) is 0. The molecule has 0 amide bonds. The minimum absolute atomic E-state index is 0.0285. The number of nitriles is 2. The highest BCUT2D eigenvalue weighted by molar-refractivity contribution is 7.98. The molecule has 23 heavy (non-hydrogen) atoms. The normalized spacial score (nSPS) is 9.57. The van der Waals surface area contributed by atoms with Crippen LogP contribution in [0.2, 0.25) is 10.0 Å². The van der Waals surface area contributed by atoms with E-state index >= 15 is 0 Å². The molecule has 6 heteroatoms. The number of hydrogen-bond acceptors (Lipinski definition) is 4. The van der Waals surface area contributed by atoms with Gasteiger partial charge in [0.25, 0.3) is 0 Å². The van der Waals surface area contributed by atoms with Crippen molar-refractivity contribution in [2.24, 2.45) is 0 Å². The highest BCUT2D eigenvalue weighted by Crippen LogP contribution is 2.29. The zero-order chi connectivity index (χ0) is 16.7. The van der Waals surface area contributed by atoms with Crippen LogP contribution < -0.4 is 5.32 Å². The van der Waals surface area contributed by atoms with Crippen LogP contribution in [0.3, 0.4) is 0 Å². The topological polar surface area (TPSA) is 59.6 Å². The van der Waals surface area contributed by atoms with Crippen molar-refractivity contribution in [2.75, 3.05) is 5.32 Å². The molecule has 0 saturated heterocycles. The van der Waals surface area contributed by atoms with Crippen molar-refractivity contribution >= 4 is 40.7 Å². The highest BCUT2D eigenvalue weighted by Gasteiger charge is 2.03. The third-order valence-corrected chi connectivity index (χ3v) is 4.54. The molecule has 2 aromatic rings. The van der Waals surface area contributed by atoms with E-state index in [4.69, 9.17) is 33.7 Å². The maximum atomic E-state index is 8.66. The van der Waals surface area contributed by atoms with Gasteiger partial charge in [-0.25, -0.2) is 0 Å². The fraction of sp³-hybridized carbons (Fsp3) is 0.0588. The summed E-state index contributed by atoms with van der Waals surface area (Å²) in [4.78, 5) is 1.09. The molecule has 0 spiro atoms. The Bertz CT molecular complexity index is 786. The van der Waals surface area contributed by atoms with E-state index in [1.807, 2.05) is 36.4 Å². The molecule has 0 bridgehead atoms. The second-order valence-corrected chi connectivity index (χ2v) is 6.37. The van der Waals surface area contributed by atoms with Gasteiger partial charge in [0, 0.05) is 32.6 Å². The number of allylic oxidation sites excluding steroid dienone is 1. The van der Waals surface area contributed by atoms with E-state index in [0.29, 0.717) is 10.0 Å². The largest absolute Gasteiger partial charge is 0.360 e. The summed E-state index contributed by atoms with van der Waals surface area (Å²) in [5.74, 6) is 0.746. The first-order chi connectivity index (χ1) is 11.1. The van der Waals surface area contributed by atoms with Crippen LogP contribution in [0.4, 0.5) is 5.69 Å². The first-order valence-electron chi connectivity index (χ1n) is 6.56. The number of halogens is 2. The molecule has 114 valence electrons. The summed E-state index contributed by atoms with van der Waals surface area (Å²) in [5, 5.41) is 21.5. The number of thioether (sulfide) groups is 1. The predicted octanol–water partition coefficient (Wildman–Crippen LogP) is 5.63. The van der Waals surface area contributed by atoms with Gasteiger partial charge in [-0.15, -0.1) is 11.8 Å². The fourth-order valence-electron chi connectivity index (χ4n) is 1.69. The average Bonchev–Trinajstić information content (AvgIpc) is 2.56. The quantitative estimate of drug-likeness (QED) is 0.555. The molecule has 0 fully saturated rings. The van der Waals surface area contributed by atoms with Crippen LogP contribution in [0, 0.1) is 22.7 Å². The van der Waals surface area contributed by atoms with Gasteiger partial charge >= 0.3 is 0 Å². The smallest absolute Gasteiger partial charge is 0.145 e. The van der Waals surface area contributed by atoms with Crippen molar-refractivity contribution in [3.63, 3.8) is 0 Å². The lowest BCUT2D eigenvalue weighted by Gasteiger charge is -2.06. The molecule has 0 radical (unpaired) electrons. The van der Waals surface area contributed by atoms with Crippen molar-refractivity contribution in [1.82, 2.24) is 0 Å². The van der Waals surface area contributed by atoms with Crippen LogP contribution >= 0.6 is 35.0 Å². The van der Waals surface area contributed by atoms with E-state index in [2.05, 4.69) is 5.32 Å². The molecule has 0 saturated carbocycles. The van der Waals surface area contributed by atoms with E-state index in [-0.39, 0.29) is 5.57 Å². The summed E-state index contributed by atoms with van der Waals surface area (Å²) in [6, 6.07) is 16.8. The Morgan fingerprint density at radius 1 is 1.09 bits per heavy atom. The lowest BCUT2D eigenvalue weighted by atomic mass is 10.2. The molecule has 0 aliphatic rings. The van der Waals surface area contributed by atoms with E-state index in [1.165, 1.54) is 6.20 Å². The third kappa shape index (κ3) is 5.23. The van der Waals surface area contributed by atoms with E-state index in [9.17, 15) is 0 Å². The molecule has 0 aliphatic heterocycles. The van der Waals surface area contributed by atoms with Gasteiger partial charge in [-0.05, 0) is 42.0 Å². The van der Waals surface area contributed by atoms with E-state index in [1.54, 1.807) is 30.0 Å². The Hall–Kier alpha value is -2.11. The van der Waals surface area contributed by atoms with Gasteiger partial charge in [-0.1, -0.05) is 29.3 Å². The second-order valence-electron chi connectivity index (χ2n) is 4.47. The summed E-state index contributed by atoms with van der Waals surface area (Å²) in [6.07, 6.45) is 1.38. The van der Waals surface area contributed by atoms with Gasteiger partial charge in [0.05, 0.1) is 0 Å². The number of nitrogens with one attached hydrogen (secondary N) is 1. The second kappa shape index (κ2) is 8.50. The van der Waals surface area contributed by atoms with Crippen molar-refractivity contribution < 1.29 is 0 Å². The lowest BCUT2D eigenvalue weighted by Crippen LogP contribution is -1.89. The molecule has 0 unspecified atom stereocenters. The first kappa shape index (κ1) is 17.2. The summed E-state index contributed by atoms with van der Waals surface area (Å²) >= 11 is 13.7. The molecule has 3 nitrogen and oxygen atoms in total. The van der Waals surface area contributed by atoms with Gasteiger partial charge in [0.2, 0.25) is 0 Å². The maximum Gasteiger partial charge on any atom is 0.145 e. The number of anilines is 1. The van der Waals surface area contributed by atoms with Gasteiger partial charge < -0.3 is 5.32 Å². The van der Waals surface area contributed by atoms with Gasteiger partial charge in [-0.3, -0.25) is 0 Å². The average molecular weight is 360 g/mol. The monoisotopic (exact) mass is 359 g/mol. The van der Waals surface area contributed by atoms with Crippen LogP contribution in [0.15, 0.2) is 59.1 Å². The maximum absolute atomic E-state index is 8.66. The van der Waals surface area contributed by atoms with Crippen molar-refractivity contribution in [1.29, 1.82) is 10.5 Å². The zero-order valence-electron chi connectivity index (χ0n) is 11.9. The van der Waals surface area contributed by atoms with Crippen molar-refractivity contribution in [3.05, 3.63) is 69.8 Å². The molecule has 0 atom stereocenters. The Morgan fingerprint density at radius 2 is 1.78 bits per heavy atom. The third-order valence-electron chi connectivity index (χ3n) is 2.89. The lowest BCUT2D eigenvalue weighted by molar-refractivity contribution is 1.38. The summed E-state index contributed by atoms with van der Waals surface area (Å²) in [5.41, 5.74) is 1.86. The molecule has 1 N–H and O–H groups in total.